The third-order valence-corrected chi connectivity index (χ3v) is 6.48. The minimum atomic E-state index is -4.82. The summed E-state index contributed by atoms with van der Waals surface area (Å²) in [4.78, 5) is 30.4. The number of benzene rings is 2. The predicted molar refractivity (Wildman–Crippen MR) is 139 cm³/mol. The van der Waals surface area contributed by atoms with E-state index in [1.807, 2.05) is 40.8 Å². The van der Waals surface area contributed by atoms with Crippen LogP contribution < -0.4 is 10.6 Å². The molecule has 186 valence electrons. The molecule has 0 fully saturated rings. The number of alkyl halides is 3. The van der Waals surface area contributed by atoms with Crippen LogP contribution in [-0.2, 0) is 6.18 Å². The number of aromatic nitrogens is 3. The molecule has 2 amide bonds. The van der Waals surface area contributed by atoms with Crippen molar-refractivity contribution < 1.29 is 22.8 Å². The average Bonchev–Trinajstić information content (AvgIpc) is 3.26. The molecule has 2 aromatic carbocycles. The number of pyridine rings is 1. The topological polar surface area (TPSA) is 88.9 Å². The van der Waals surface area contributed by atoms with Crippen molar-refractivity contribution in [2.24, 2.45) is 0 Å². The first-order valence-corrected chi connectivity index (χ1v) is 12.0. The Bertz CT molecular complexity index is 1490. The van der Waals surface area contributed by atoms with E-state index < -0.39 is 29.4 Å². The summed E-state index contributed by atoms with van der Waals surface area (Å²) in [5, 5.41) is 10.5. The lowest BCUT2D eigenvalue weighted by molar-refractivity contribution is -0.141. The summed E-state index contributed by atoms with van der Waals surface area (Å²) in [5.74, 6) is -1.52. The Hall–Kier alpha value is -3.19. The number of anilines is 1. The molecule has 0 saturated carbocycles. The molecule has 0 aliphatic heterocycles. The third kappa shape index (κ3) is 5.16. The molecule has 0 atom stereocenters. The largest absolute Gasteiger partial charge is 0.435 e. The minimum absolute atomic E-state index is 0.000611. The Balaban J connectivity index is 1.86. The van der Waals surface area contributed by atoms with Crippen LogP contribution in [-0.4, -0.2) is 32.6 Å². The highest BCUT2D eigenvalue weighted by Gasteiger charge is 2.37. The van der Waals surface area contributed by atoms with E-state index in [1.165, 1.54) is 18.3 Å². The van der Waals surface area contributed by atoms with Gasteiger partial charge in [-0.1, -0.05) is 35.9 Å². The fourth-order valence-corrected chi connectivity index (χ4v) is 4.62. The van der Waals surface area contributed by atoms with Gasteiger partial charge in [0.25, 0.3) is 11.8 Å². The van der Waals surface area contributed by atoms with Gasteiger partial charge in [0.1, 0.15) is 5.69 Å². The van der Waals surface area contributed by atoms with Crippen LogP contribution in [0.3, 0.4) is 0 Å². The average molecular weight is 628 g/mol. The van der Waals surface area contributed by atoms with Crippen molar-refractivity contribution in [3.8, 4) is 5.82 Å². The number of fused-ring (bicyclic) bond motifs is 1. The quantitative estimate of drug-likeness (QED) is 0.262. The van der Waals surface area contributed by atoms with Crippen molar-refractivity contribution in [1.29, 1.82) is 0 Å². The van der Waals surface area contributed by atoms with Gasteiger partial charge in [-0.15, -0.1) is 0 Å². The molecule has 0 spiro atoms. The zero-order valence-corrected chi connectivity index (χ0v) is 21.7. The van der Waals surface area contributed by atoms with Crippen LogP contribution in [0.15, 0.2) is 54.7 Å². The highest BCUT2D eigenvalue weighted by molar-refractivity contribution is 14.1. The van der Waals surface area contributed by atoms with Crippen molar-refractivity contribution in [2.75, 3.05) is 5.32 Å². The summed E-state index contributed by atoms with van der Waals surface area (Å²) >= 11 is 8.13. The van der Waals surface area contributed by atoms with E-state index in [2.05, 4.69) is 20.7 Å². The summed E-state index contributed by atoms with van der Waals surface area (Å²) < 4.78 is 41.8. The number of hydrogen-bond acceptors (Lipinski definition) is 4. The Labute approximate surface area is 222 Å². The molecule has 0 saturated heterocycles. The highest BCUT2D eigenvalue weighted by Crippen LogP contribution is 2.34. The number of rotatable bonds is 5. The summed E-state index contributed by atoms with van der Waals surface area (Å²) in [6.07, 6.45) is -3.50. The van der Waals surface area contributed by atoms with Gasteiger partial charge in [-0.2, -0.15) is 18.3 Å². The molecule has 4 aromatic rings. The maximum absolute atomic E-state index is 13.5. The molecule has 0 aliphatic rings. The molecule has 2 heterocycles. The summed E-state index contributed by atoms with van der Waals surface area (Å²) in [7, 11) is 0. The molecular weight excluding hydrogens is 610 g/mol. The molecule has 4 rings (SSSR count). The smallest absolute Gasteiger partial charge is 0.350 e. The maximum Gasteiger partial charge on any atom is 0.435 e. The molecule has 0 aliphatic carbocycles. The van der Waals surface area contributed by atoms with Crippen LogP contribution >= 0.6 is 34.2 Å². The van der Waals surface area contributed by atoms with E-state index in [0.29, 0.717) is 9.64 Å². The van der Waals surface area contributed by atoms with Crippen LogP contribution in [0.1, 0.15) is 40.4 Å². The lowest BCUT2D eigenvalue weighted by Gasteiger charge is -2.17. The highest BCUT2D eigenvalue weighted by atomic mass is 127. The number of carbonyl (C=O) groups is 2. The van der Waals surface area contributed by atoms with Crippen LogP contribution in [0.2, 0.25) is 5.02 Å². The van der Waals surface area contributed by atoms with Crippen molar-refractivity contribution in [3.05, 3.63) is 80.3 Å². The van der Waals surface area contributed by atoms with Gasteiger partial charge in [-0.25, -0.2) is 9.67 Å². The molecule has 36 heavy (non-hydrogen) atoms. The van der Waals surface area contributed by atoms with E-state index in [4.69, 9.17) is 11.6 Å². The van der Waals surface area contributed by atoms with Gasteiger partial charge < -0.3 is 10.6 Å². The van der Waals surface area contributed by atoms with E-state index in [9.17, 15) is 22.8 Å². The summed E-state index contributed by atoms with van der Waals surface area (Å²) in [6.45, 7) is 3.58. The van der Waals surface area contributed by atoms with Gasteiger partial charge >= 0.3 is 6.18 Å². The van der Waals surface area contributed by atoms with Crippen LogP contribution in [0, 0.1) is 3.57 Å². The van der Waals surface area contributed by atoms with Crippen molar-refractivity contribution in [1.82, 2.24) is 20.1 Å². The molecule has 0 unspecified atom stereocenters. The fraction of sp³-hybridized carbons (Fsp3) is 0.167. The number of amides is 2. The standard InChI is InChI=1S/C24H18ClF3IN5O2/c1-12(2)31-22(35)15-10-13-6-3-4-7-14(13)19(29)20(15)32-23(36)17-11-18(24(26,27)28)33-34(17)21-16(25)8-5-9-30-21/h3-12H,1-2H3,(H,31,35)(H,32,36). The molecular formula is C24H18ClF3IN5O2. The molecule has 0 bridgehead atoms. The molecule has 2 N–H and O–H groups in total. The first kappa shape index (κ1) is 25.9. The number of nitrogens with zero attached hydrogens (tertiary/aromatic N) is 3. The van der Waals surface area contributed by atoms with Crippen molar-refractivity contribution in [3.63, 3.8) is 0 Å². The SMILES string of the molecule is CC(C)NC(=O)c1cc2ccccc2c(I)c1NC(=O)c1cc(C(F)(F)F)nn1-c1ncccc1Cl. The number of halogens is 5. The van der Waals surface area contributed by atoms with Crippen LogP contribution in [0.4, 0.5) is 18.9 Å². The monoisotopic (exact) mass is 627 g/mol. The minimum Gasteiger partial charge on any atom is -0.350 e. The lowest BCUT2D eigenvalue weighted by atomic mass is 10.0. The van der Waals surface area contributed by atoms with Crippen molar-refractivity contribution in [2.45, 2.75) is 26.1 Å². The van der Waals surface area contributed by atoms with E-state index in [0.717, 1.165) is 15.5 Å². The van der Waals surface area contributed by atoms with E-state index in [1.54, 1.807) is 26.0 Å². The molecule has 0 radical (unpaired) electrons. The first-order chi connectivity index (χ1) is 17.0. The predicted octanol–water partition coefficient (Wildman–Crippen LogP) is 6.09. The molecule has 12 heteroatoms. The van der Waals surface area contributed by atoms with Gasteiger partial charge in [-0.05, 0) is 65.4 Å². The van der Waals surface area contributed by atoms with Gasteiger partial charge in [0.05, 0.1) is 16.3 Å². The van der Waals surface area contributed by atoms with Crippen LogP contribution in [0.25, 0.3) is 16.6 Å². The Morgan fingerprint density at radius 2 is 1.81 bits per heavy atom. The third-order valence-electron chi connectivity index (χ3n) is 5.06. The molecule has 2 aromatic heterocycles. The van der Waals surface area contributed by atoms with Gasteiger partial charge in [0.2, 0.25) is 0 Å². The van der Waals surface area contributed by atoms with E-state index >= 15 is 0 Å². The van der Waals surface area contributed by atoms with Crippen LogP contribution in [0.5, 0.6) is 0 Å². The van der Waals surface area contributed by atoms with E-state index in [-0.39, 0.29) is 28.1 Å². The van der Waals surface area contributed by atoms with Gasteiger partial charge in [0.15, 0.2) is 11.5 Å². The molecule has 7 nitrogen and oxygen atoms in total. The summed E-state index contributed by atoms with van der Waals surface area (Å²) in [5.41, 5.74) is -1.42. The lowest BCUT2D eigenvalue weighted by Crippen LogP contribution is -2.31. The van der Waals surface area contributed by atoms with Gasteiger partial charge in [-0.3, -0.25) is 9.59 Å². The fourth-order valence-electron chi connectivity index (χ4n) is 3.50. The maximum atomic E-state index is 13.5. The second-order valence-electron chi connectivity index (χ2n) is 8.05. The summed E-state index contributed by atoms with van der Waals surface area (Å²) in [6, 6.07) is 12.2. The van der Waals surface area contributed by atoms with Crippen molar-refractivity contribution >= 4 is 62.5 Å². The second kappa shape index (κ2) is 10.1. The zero-order chi connectivity index (χ0) is 26.2. The Morgan fingerprint density at radius 3 is 2.47 bits per heavy atom. The number of hydrogen-bond donors (Lipinski definition) is 2. The first-order valence-electron chi connectivity index (χ1n) is 10.6. The van der Waals surface area contributed by atoms with Gasteiger partial charge in [0, 0.05) is 21.9 Å². The number of carbonyl (C=O) groups excluding carboxylic acids is 2. The second-order valence-corrected chi connectivity index (χ2v) is 9.54. The normalized spacial score (nSPS) is 11.7. The number of nitrogens with one attached hydrogen (secondary N) is 2. The zero-order valence-electron chi connectivity index (χ0n) is 18.8. The Morgan fingerprint density at radius 1 is 1.08 bits per heavy atom. The Kier molecular flexibility index (Phi) is 7.23.